The Bertz CT molecular complexity index is 1490. The molecule has 3 N–H and O–H groups in total. The molecular weight excluding hydrogens is 575 g/mol. The van der Waals surface area contributed by atoms with Crippen LogP contribution < -0.4 is 14.5 Å². The fraction of sp³-hybridized carbons (Fsp3) is 0.231. The zero-order chi connectivity index (χ0) is 29.7. The largest absolute Gasteiger partial charge is 0.490 e. The molecule has 0 aliphatic carbocycles. The van der Waals surface area contributed by atoms with E-state index in [2.05, 4.69) is 14.5 Å². The average Bonchev–Trinajstić information content (AvgIpc) is 2.89. The summed E-state index contributed by atoms with van der Waals surface area (Å²) in [6, 6.07) is 18.8. The van der Waals surface area contributed by atoms with Crippen LogP contribution in [-0.4, -0.2) is 62.9 Å². The summed E-state index contributed by atoms with van der Waals surface area (Å²) < 4.78 is 60.6. The minimum absolute atomic E-state index is 0.0101. The van der Waals surface area contributed by atoms with Gasteiger partial charge in [0.25, 0.3) is 10.0 Å². The molecule has 0 unspecified atom stereocenters. The first kappa shape index (κ1) is 30.6. The highest BCUT2D eigenvalue weighted by Gasteiger charge is 2.38. The zero-order valence-corrected chi connectivity index (χ0v) is 22.6. The lowest BCUT2D eigenvalue weighted by atomic mass is 10.1. The number of benzene rings is 3. The van der Waals surface area contributed by atoms with Gasteiger partial charge in [0.05, 0.1) is 32.5 Å². The van der Waals surface area contributed by atoms with Crippen LogP contribution in [0.1, 0.15) is 15.9 Å². The van der Waals surface area contributed by atoms with Gasteiger partial charge in [-0.15, -0.1) is 0 Å². The first-order chi connectivity index (χ1) is 18.7. The molecule has 0 saturated carbocycles. The van der Waals surface area contributed by atoms with Gasteiger partial charge in [-0.25, -0.2) is 18.0 Å². The number of carboxylic acids is 2. The molecule has 214 valence electrons. The number of nitrogens with zero attached hydrogens (tertiary/aromatic N) is 2. The second-order valence-electron chi connectivity index (χ2n) is 8.64. The molecule has 1 aliphatic heterocycles. The van der Waals surface area contributed by atoms with Gasteiger partial charge in [0.15, 0.2) is 0 Å². The molecule has 9 nitrogen and oxygen atoms in total. The van der Waals surface area contributed by atoms with E-state index in [4.69, 9.17) is 21.5 Å². The van der Waals surface area contributed by atoms with Crippen molar-refractivity contribution in [2.75, 3.05) is 40.7 Å². The van der Waals surface area contributed by atoms with Gasteiger partial charge in [-0.1, -0.05) is 41.9 Å². The molecule has 0 radical (unpaired) electrons. The lowest BCUT2D eigenvalue weighted by Crippen LogP contribution is -2.46. The number of aliphatic carboxylic acids is 1. The Morgan fingerprint density at radius 1 is 0.875 bits per heavy atom. The molecule has 1 fully saturated rings. The van der Waals surface area contributed by atoms with Crippen LogP contribution in [0, 0.1) is 6.92 Å². The Balaban J connectivity index is 0.000000559. The molecule has 3 aromatic rings. The molecule has 1 saturated heterocycles. The zero-order valence-electron chi connectivity index (χ0n) is 21.0. The fourth-order valence-corrected chi connectivity index (χ4v) is 5.55. The molecule has 0 atom stereocenters. The minimum atomic E-state index is -5.08. The molecule has 0 spiro atoms. The topological polar surface area (TPSA) is 127 Å². The molecule has 14 heteroatoms. The molecule has 0 bridgehead atoms. The van der Waals surface area contributed by atoms with Gasteiger partial charge in [-0.05, 0) is 48.9 Å². The minimum Gasteiger partial charge on any atom is -0.478 e. The number of piperazine rings is 1. The van der Waals surface area contributed by atoms with Gasteiger partial charge in [-0.3, -0.25) is 4.72 Å². The lowest BCUT2D eigenvalue weighted by molar-refractivity contribution is -0.192. The van der Waals surface area contributed by atoms with Gasteiger partial charge in [0.2, 0.25) is 0 Å². The van der Waals surface area contributed by atoms with Crippen molar-refractivity contribution < 1.29 is 41.4 Å². The van der Waals surface area contributed by atoms with Gasteiger partial charge < -0.3 is 20.0 Å². The van der Waals surface area contributed by atoms with Crippen LogP contribution in [0.15, 0.2) is 71.6 Å². The number of carbonyl (C=O) groups is 2. The van der Waals surface area contributed by atoms with Crippen molar-refractivity contribution in [1.29, 1.82) is 0 Å². The van der Waals surface area contributed by atoms with E-state index in [-0.39, 0.29) is 16.1 Å². The number of alkyl halides is 3. The Morgan fingerprint density at radius 3 is 1.93 bits per heavy atom. The van der Waals surface area contributed by atoms with E-state index >= 15 is 0 Å². The maximum Gasteiger partial charge on any atom is 0.490 e. The van der Waals surface area contributed by atoms with E-state index in [1.54, 1.807) is 31.2 Å². The number of carboxylic acid groups (broad SMARTS) is 2. The fourth-order valence-electron chi connectivity index (χ4n) is 3.98. The summed E-state index contributed by atoms with van der Waals surface area (Å²) in [5.41, 5.74) is 2.45. The van der Waals surface area contributed by atoms with E-state index in [1.807, 2.05) is 24.3 Å². The Labute approximate surface area is 233 Å². The van der Waals surface area contributed by atoms with Gasteiger partial charge in [-0.2, -0.15) is 13.2 Å². The standard InChI is InChI=1S/C24H24ClN3O4S.C2HF3O2/c1-17-6-2-5-9-23(17)33(31,32)26-20-16-18(24(29)30)10-11-22(20)28-14-12-27(13-15-28)21-8-4-3-7-19(21)25;3-2(4,5)1(6)7/h2-11,16,26H,12-15H2,1H3,(H,29,30);(H,6,7). The van der Waals surface area contributed by atoms with Crippen molar-refractivity contribution in [3.8, 4) is 0 Å². The monoisotopic (exact) mass is 599 g/mol. The lowest BCUT2D eigenvalue weighted by Gasteiger charge is -2.38. The highest BCUT2D eigenvalue weighted by Crippen LogP contribution is 2.33. The van der Waals surface area contributed by atoms with Crippen LogP contribution in [0.5, 0.6) is 0 Å². The van der Waals surface area contributed by atoms with Crippen LogP contribution in [-0.2, 0) is 14.8 Å². The van der Waals surface area contributed by atoms with Crippen LogP contribution in [0.25, 0.3) is 0 Å². The smallest absolute Gasteiger partial charge is 0.478 e. The van der Waals surface area contributed by atoms with Crippen molar-refractivity contribution >= 4 is 50.6 Å². The summed E-state index contributed by atoms with van der Waals surface area (Å²) in [6.07, 6.45) is -5.08. The van der Waals surface area contributed by atoms with E-state index in [9.17, 15) is 31.5 Å². The number of rotatable bonds is 6. The van der Waals surface area contributed by atoms with Crippen molar-refractivity contribution in [1.82, 2.24) is 0 Å². The van der Waals surface area contributed by atoms with Gasteiger partial charge in [0, 0.05) is 26.2 Å². The van der Waals surface area contributed by atoms with Crippen molar-refractivity contribution in [2.45, 2.75) is 18.0 Å². The number of sulfonamides is 1. The number of para-hydroxylation sites is 1. The third kappa shape index (κ3) is 7.57. The van der Waals surface area contributed by atoms with E-state index < -0.39 is 28.1 Å². The average molecular weight is 600 g/mol. The highest BCUT2D eigenvalue weighted by molar-refractivity contribution is 7.92. The summed E-state index contributed by atoms with van der Waals surface area (Å²) in [4.78, 5) is 24.8. The predicted molar refractivity (Wildman–Crippen MR) is 145 cm³/mol. The second-order valence-corrected chi connectivity index (χ2v) is 10.7. The summed E-state index contributed by atoms with van der Waals surface area (Å²) in [5, 5.41) is 17.3. The maximum atomic E-state index is 13.1. The van der Waals surface area contributed by atoms with Crippen LogP contribution >= 0.6 is 11.6 Å². The first-order valence-electron chi connectivity index (χ1n) is 11.7. The highest BCUT2D eigenvalue weighted by atomic mass is 35.5. The number of hydrogen-bond acceptors (Lipinski definition) is 6. The molecule has 0 amide bonds. The normalized spacial score (nSPS) is 13.7. The Morgan fingerprint density at radius 2 is 1.40 bits per heavy atom. The number of anilines is 3. The summed E-state index contributed by atoms with van der Waals surface area (Å²) in [7, 11) is -3.90. The van der Waals surface area contributed by atoms with Crippen molar-refractivity contribution in [3.05, 3.63) is 82.9 Å². The summed E-state index contributed by atoms with van der Waals surface area (Å²) in [6.45, 7) is 4.34. The molecule has 40 heavy (non-hydrogen) atoms. The van der Waals surface area contributed by atoms with Crippen LogP contribution in [0.2, 0.25) is 5.02 Å². The summed E-state index contributed by atoms with van der Waals surface area (Å²) in [5.74, 6) is -3.88. The van der Waals surface area contributed by atoms with E-state index in [1.165, 1.54) is 18.2 Å². The predicted octanol–water partition coefficient (Wildman–Crippen LogP) is 5.11. The number of nitrogens with one attached hydrogen (secondary N) is 1. The number of halogens is 4. The molecular formula is C26H25ClF3N3O6S. The molecule has 4 rings (SSSR count). The van der Waals surface area contributed by atoms with Crippen molar-refractivity contribution in [3.63, 3.8) is 0 Å². The quantitative estimate of drug-likeness (QED) is 0.357. The van der Waals surface area contributed by atoms with Gasteiger partial charge in [0.1, 0.15) is 0 Å². The first-order valence-corrected chi connectivity index (χ1v) is 13.6. The number of hydrogen-bond donors (Lipinski definition) is 3. The molecule has 1 aliphatic rings. The van der Waals surface area contributed by atoms with E-state index in [0.717, 1.165) is 5.69 Å². The maximum absolute atomic E-state index is 13.1. The van der Waals surface area contributed by atoms with Crippen LogP contribution in [0.4, 0.5) is 30.2 Å². The van der Waals surface area contributed by atoms with Crippen molar-refractivity contribution in [2.24, 2.45) is 0 Å². The SMILES string of the molecule is Cc1ccccc1S(=O)(=O)Nc1cc(C(=O)O)ccc1N1CCN(c2ccccc2Cl)CC1.O=C(O)C(F)(F)F. The van der Waals surface area contributed by atoms with E-state index in [0.29, 0.717) is 42.5 Å². The molecule has 3 aromatic carbocycles. The Kier molecular flexibility index (Phi) is 9.53. The number of aromatic carboxylic acids is 1. The second kappa shape index (κ2) is 12.5. The Hall–Kier alpha value is -3.97. The number of aryl methyl sites for hydroxylation is 1. The molecule has 0 aromatic heterocycles. The van der Waals surface area contributed by atoms with Crippen LogP contribution in [0.3, 0.4) is 0 Å². The molecule has 1 heterocycles. The summed E-state index contributed by atoms with van der Waals surface area (Å²) >= 11 is 6.34. The van der Waals surface area contributed by atoms with Gasteiger partial charge >= 0.3 is 18.1 Å². The third-order valence-electron chi connectivity index (χ3n) is 5.93. The third-order valence-corrected chi connectivity index (χ3v) is 7.77.